The molecule has 1 N–H and O–H groups in total. The number of nitrogens with zero attached hydrogens (tertiary/aromatic N) is 1. The van der Waals surface area contributed by atoms with Gasteiger partial charge in [-0.3, -0.25) is 4.90 Å². The molecular formula is C13H20N2O3. The monoisotopic (exact) mass is 252 g/mol. The molecule has 1 saturated heterocycles. The van der Waals surface area contributed by atoms with Crippen LogP contribution < -0.4 is 5.32 Å². The number of carbonyl (C=O) groups is 1. The van der Waals surface area contributed by atoms with Crippen molar-refractivity contribution in [3.63, 3.8) is 0 Å². The third-order valence-corrected chi connectivity index (χ3v) is 3.28. The van der Waals surface area contributed by atoms with Gasteiger partial charge in [-0.1, -0.05) is 6.92 Å². The van der Waals surface area contributed by atoms with Gasteiger partial charge in [-0.2, -0.15) is 0 Å². The van der Waals surface area contributed by atoms with Crippen LogP contribution in [0.25, 0.3) is 0 Å². The van der Waals surface area contributed by atoms with Crippen molar-refractivity contribution in [2.75, 3.05) is 26.7 Å². The zero-order valence-corrected chi connectivity index (χ0v) is 10.9. The number of ether oxygens (including phenoxy) is 1. The summed E-state index contributed by atoms with van der Waals surface area (Å²) in [6.45, 7) is 5.84. The van der Waals surface area contributed by atoms with Crippen molar-refractivity contribution in [1.82, 2.24) is 10.2 Å². The fraction of sp³-hybridized carbons (Fsp3) is 0.615. The van der Waals surface area contributed by atoms with Crippen LogP contribution in [0.15, 0.2) is 16.7 Å². The smallest absolute Gasteiger partial charge is 0.341 e. The van der Waals surface area contributed by atoms with E-state index in [4.69, 9.17) is 9.15 Å². The van der Waals surface area contributed by atoms with Crippen molar-refractivity contribution in [1.29, 1.82) is 0 Å². The Hall–Kier alpha value is -1.33. The molecule has 0 amide bonds. The quantitative estimate of drug-likeness (QED) is 0.772. The second kappa shape index (κ2) is 6.02. The third kappa shape index (κ3) is 2.73. The molecule has 5 heteroatoms. The molecule has 100 valence electrons. The van der Waals surface area contributed by atoms with E-state index in [1.165, 1.54) is 7.11 Å². The van der Waals surface area contributed by atoms with Gasteiger partial charge in [-0.25, -0.2) is 4.79 Å². The van der Waals surface area contributed by atoms with E-state index in [-0.39, 0.29) is 5.97 Å². The molecule has 1 aromatic rings. The number of esters is 1. The van der Waals surface area contributed by atoms with Crippen molar-refractivity contribution >= 4 is 5.97 Å². The van der Waals surface area contributed by atoms with Crippen LogP contribution in [0.3, 0.4) is 0 Å². The fourth-order valence-electron chi connectivity index (χ4n) is 2.15. The Morgan fingerprint density at radius 1 is 1.61 bits per heavy atom. The number of carbonyl (C=O) groups excluding carboxylic acids is 1. The molecule has 1 aromatic heterocycles. The summed E-state index contributed by atoms with van der Waals surface area (Å²) in [5.74, 6) is 0.365. The van der Waals surface area contributed by atoms with Gasteiger partial charge < -0.3 is 14.5 Å². The molecule has 0 saturated carbocycles. The van der Waals surface area contributed by atoms with Gasteiger partial charge in [-0.05, 0) is 19.0 Å². The summed E-state index contributed by atoms with van der Waals surface area (Å²) in [6.07, 6.45) is 2.63. The first-order valence-corrected chi connectivity index (χ1v) is 6.35. The van der Waals surface area contributed by atoms with Gasteiger partial charge in [0, 0.05) is 19.1 Å². The van der Waals surface area contributed by atoms with Crippen LogP contribution in [0.2, 0.25) is 0 Å². The molecular weight excluding hydrogens is 232 g/mol. The molecule has 1 aliphatic heterocycles. The zero-order chi connectivity index (χ0) is 13.0. The second-order valence-corrected chi connectivity index (χ2v) is 4.53. The molecule has 0 atom stereocenters. The Kier molecular flexibility index (Phi) is 4.38. The molecule has 2 heterocycles. The predicted molar refractivity (Wildman–Crippen MR) is 67.4 cm³/mol. The summed E-state index contributed by atoms with van der Waals surface area (Å²) in [5, 5.41) is 3.26. The summed E-state index contributed by atoms with van der Waals surface area (Å²) in [5.41, 5.74) is 0.533. The first-order chi connectivity index (χ1) is 8.76. The number of furan rings is 1. The van der Waals surface area contributed by atoms with Gasteiger partial charge in [0.25, 0.3) is 0 Å². The van der Waals surface area contributed by atoms with Crippen LogP contribution in [0.5, 0.6) is 0 Å². The van der Waals surface area contributed by atoms with Crippen LogP contribution in [0, 0.1) is 0 Å². The molecule has 0 radical (unpaired) electrons. The highest BCUT2D eigenvalue weighted by molar-refractivity contribution is 5.90. The van der Waals surface area contributed by atoms with Crippen molar-refractivity contribution in [2.24, 2.45) is 0 Å². The second-order valence-electron chi connectivity index (χ2n) is 4.53. The molecule has 18 heavy (non-hydrogen) atoms. The third-order valence-electron chi connectivity index (χ3n) is 3.28. The standard InChI is InChI=1S/C13H20N2O3/c1-3-5-15(10-7-14-8-10)9-12-11(4-6-18-12)13(16)17-2/h4,6,10,14H,3,5,7-9H2,1-2H3. The Labute approximate surface area is 107 Å². The van der Waals surface area contributed by atoms with Crippen LogP contribution in [0.1, 0.15) is 29.5 Å². The van der Waals surface area contributed by atoms with Crippen LogP contribution in [-0.2, 0) is 11.3 Å². The van der Waals surface area contributed by atoms with Crippen LogP contribution >= 0.6 is 0 Å². The number of rotatable bonds is 6. The first kappa shape index (κ1) is 13.1. The Bertz CT molecular complexity index is 399. The summed E-state index contributed by atoms with van der Waals surface area (Å²) >= 11 is 0. The van der Waals surface area contributed by atoms with Gasteiger partial charge in [0.1, 0.15) is 11.3 Å². The number of methoxy groups -OCH3 is 1. The van der Waals surface area contributed by atoms with Gasteiger partial charge in [0.15, 0.2) is 0 Å². The molecule has 1 aliphatic rings. The van der Waals surface area contributed by atoms with Crippen molar-refractivity contribution in [3.8, 4) is 0 Å². The fourth-order valence-corrected chi connectivity index (χ4v) is 2.15. The van der Waals surface area contributed by atoms with Gasteiger partial charge in [0.2, 0.25) is 0 Å². The topological polar surface area (TPSA) is 54.7 Å². The van der Waals surface area contributed by atoms with Gasteiger partial charge in [-0.15, -0.1) is 0 Å². The van der Waals surface area contributed by atoms with E-state index in [1.54, 1.807) is 12.3 Å². The Morgan fingerprint density at radius 2 is 2.39 bits per heavy atom. The normalized spacial score (nSPS) is 15.7. The van der Waals surface area contributed by atoms with Crippen LogP contribution in [-0.4, -0.2) is 43.7 Å². The van der Waals surface area contributed by atoms with E-state index >= 15 is 0 Å². The molecule has 0 bridgehead atoms. The number of nitrogens with one attached hydrogen (secondary N) is 1. The van der Waals surface area contributed by atoms with Gasteiger partial charge in [0.05, 0.1) is 19.9 Å². The number of hydrogen-bond acceptors (Lipinski definition) is 5. The average molecular weight is 252 g/mol. The van der Waals surface area contributed by atoms with Crippen molar-refractivity contribution < 1.29 is 13.9 Å². The molecule has 2 rings (SSSR count). The summed E-state index contributed by atoms with van der Waals surface area (Å²) in [7, 11) is 1.39. The van der Waals surface area contributed by atoms with Crippen LogP contribution in [0.4, 0.5) is 0 Å². The van der Waals surface area contributed by atoms with E-state index in [1.807, 2.05) is 0 Å². The lowest BCUT2D eigenvalue weighted by atomic mass is 10.1. The maximum atomic E-state index is 11.6. The molecule has 0 spiro atoms. The lowest BCUT2D eigenvalue weighted by Gasteiger charge is -2.37. The van der Waals surface area contributed by atoms with E-state index in [0.29, 0.717) is 23.9 Å². The lowest BCUT2D eigenvalue weighted by Crippen LogP contribution is -2.57. The Morgan fingerprint density at radius 3 is 2.94 bits per heavy atom. The van der Waals surface area contributed by atoms with E-state index in [0.717, 1.165) is 26.1 Å². The summed E-state index contributed by atoms with van der Waals surface area (Å²) < 4.78 is 10.2. The highest BCUT2D eigenvalue weighted by Gasteiger charge is 2.26. The molecule has 0 aliphatic carbocycles. The predicted octanol–water partition coefficient (Wildman–Crippen LogP) is 1.25. The Balaban J connectivity index is 2.06. The maximum Gasteiger partial charge on any atom is 0.341 e. The molecule has 0 unspecified atom stereocenters. The minimum Gasteiger partial charge on any atom is -0.467 e. The van der Waals surface area contributed by atoms with Crippen molar-refractivity contribution in [3.05, 3.63) is 23.7 Å². The highest BCUT2D eigenvalue weighted by atomic mass is 16.5. The number of hydrogen-bond donors (Lipinski definition) is 1. The first-order valence-electron chi connectivity index (χ1n) is 6.35. The zero-order valence-electron chi connectivity index (χ0n) is 10.9. The maximum absolute atomic E-state index is 11.6. The van der Waals surface area contributed by atoms with E-state index in [2.05, 4.69) is 17.1 Å². The van der Waals surface area contributed by atoms with Crippen molar-refractivity contribution in [2.45, 2.75) is 25.9 Å². The molecule has 1 fully saturated rings. The summed E-state index contributed by atoms with van der Waals surface area (Å²) in [6, 6.07) is 2.21. The molecule has 5 nitrogen and oxygen atoms in total. The highest BCUT2D eigenvalue weighted by Crippen LogP contribution is 2.17. The van der Waals surface area contributed by atoms with E-state index in [9.17, 15) is 4.79 Å². The average Bonchev–Trinajstić information content (AvgIpc) is 2.74. The largest absolute Gasteiger partial charge is 0.467 e. The lowest BCUT2D eigenvalue weighted by molar-refractivity contribution is 0.0593. The van der Waals surface area contributed by atoms with Gasteiger partial charge >= 0.3 is 5.97 Å². The molecule has 0 aromatic carbocycles. The summed E-state index contributed by atoms with van der Waals surface area (Å²) in [4.78, 5) is 13.9. The minimum atomic E-state index is -0.332. The van der Waals surface area contributed by atoms with E-state index < -0.39 is 0 Å². The SMILES string of the molecule is CCCN(Cc1occc1C(=O)OC)C1CNC1. The minimum absolute atomic E-state index is 0.332.